The Kier molecular flexibility index (Phi) is 6.63. The molecule has 0 N–H and O–H groups in total. The molecule has 0 spiro atoms. The van der Waals surface area contributed by atoms with Gasteiger partial charge in [0, 0.05) is 5.56 Å². The van der Waals surface area contributed by atoms with E-state index >= 15 is 0 Å². The number of hydrogen-bond donors (Lipinski definition) is 0. The zero-order chi connectivity index (χ0) is 24.4. The molecule has 4 rings (SSSR count). The molecule has 0 heterocycles. The molecule has 0 amide bonds. The Labute approximate surface area is 192 Å². The number of ether oxygens (including phenoxy) is 1. The van der Waals surface area contributed by atoms with Crippen LogP contribution in [0.5, 0.6) is 5.75 Å². The van der Waals surface area contributed by atoms with Crippen LogP contribution >= 0.6 is 0 Å². The third kappa shape index (κ3) is 4.78. The normalized spacial score (nSPS) is 11.0. The molecule has 7 heteroatoms. The standard InChI is InChI=1S/C27H18F6O/c1-2-15-3-5-17(6-4-15)18-7-8-20(21(28)11-18)19-12-24(31)27(25(32)13-19)34-14-16-9-22(29)26(33)23(30)10-16/h3-13H,2,14H2,1H3. The van der Waals surface area contributed by atoms with Crippen LogP contribution in [-0.2, 0) is 13.0 Å². The van der Waals surface area contributed by atoms with E-state index in [-0.39, 0.29) is 16.7 Å². The lowest BCUT2D eigenvalue weighted by molar-refractivity contribution is 0.272. The molecule has 0 aromatic heterocycles. The van der Waals surface area contributed by atoms with Crippen molar-refractivity contribution in [2.45, 2.75) is 20.0 Å². The SMILES string of the molecule is CCc1ccc(-c2ccc(-c3cc(F)c(OCc4cc(F)c(F)c(F)c4)c(F)c3)c(F)c2)cc1. The molecule has 0 aliphatic rings. The minimum atomic E-state index is -1.66. The van der Waals surface area contributed by atoms with E-state index in [4.69, 9.17) is 4.74 Å². The van der Waals surface area contributed by atoms with Gasteiger partial charge in [-0.2, -0.15) is 0 Å². The third-order valence-corrected chi connectivity index (χ3v) is 5.40. The second kappa shape index (κ2) is 9.63. The summed E-state index contributed by atoms with van der Waals surface area (Å²) in [6, 6.07) is 15.1. The Morgan fingerprint density at radius 1 is 0.559 bits per heavy atom. The van der Waals surface area contributed by atoms with Crippen LogP contribution in [0.4, 0.5) is 26.3 Å². The molecule has 34 heavy (non-hydrogen) atoms. The average molecular weight is 472 g/mol. The van der Waals surface area contributed by atoms with E-state index in [1.165, 1.54) is 12.1 Å². The van der Waals surface area contributed by atoms with Crippen LogP contribution in [0.1, 0.15) is 18.1 Å². The zero-order valence-corrected chi connectivity index (χ0v) is 17.9. The number of hydrogen-bond acceptors (Lipinski definition) is 1. The number of benzene rings is 4. The fraction of sp³-hybridized carbons (Fsp3) is 0.111. The van der Waals surface area contributed by atoms with Gasteiger partial charge in [-0.3, -0.25) is 0 Å². The van der Waals surface area contributed by atoms with Gasteiger partial charge in [0.2, 0.25) is 0 Å². The second-order valence-electron chi connectivity index (χ2n) is 7.68. The van der Waals surface area contributed by atoms with Gasteiger partial charge in [-0.25, -0.2) is 26.3 Å². The largest absolute Gasteiger partial charge is 0.483 e. The van der Waals surface area contributed by atoms with Crippen molar-refractivity contribution in [2.75, 3.05) is 0 Å². The average Bonchev–Trinajstić information content (AvgIpc) is 2.81. The quantitative estimate of drug-likeness (QED) is 0.204. The molecule has 0 saturated heterocycles. The van der Waals surface area contributed by atoms with E-state index in [9.17, 15) is 26.3 Å². The van der Waals surface area contributed by atoms with Crippen molar-refractivity contribution in [1.29, 1.82) is 0 Å². The number of rotatable bonds is 6. The highest BCUT2D eigenvalue weighted by Gasteiger charge is 2.17. The van der Waals surface area contributed by atoms with Crippen molar-refractivity contribution in [3.05, 3.63) is 113 Å². The second-order valence-corrected chi connectivity index (χ2v) is 7.68. The minimum Gasteiger partial charge on any atom is -0.483 e. The van der Waals surface area contributed by atoms with Crippen molar-refractivity contribution in [3.63, 3.8) is 0 Å². The highest BCUT2D eigenvalue weighted by atomic mass is 19.2. The molecular weight excluding hydrogens is 454 g/mol. The summed E-state index contributed by atoms with van der Waals surface area (Å²) in [7, 11) is 0. The van der Waals surface area contributed by atoms with Crippen LogP contribution in [0.15, 0.2) is 66.7 Å². The molecule has 0 fully saturated rings. The van der Waals surface area contributed by atoms with E-state index < -0.39 is 47.3 Å². The predicted molar refractivity (Wildman–Crippen MR) is 117 cm³/mol. The van der Waals surface area contributed by atoms with Gasteiger partial charge in [0.15, 0.2) is 34.8 Å². The lowest BCUT2D eigenvalue weighted by Crippen LogP contribution is -2.03. The zero-order valence-electron chi connectivity index (χ0n) is 17.9. The van der Waals surface area contributed by atoms with Crippen molar-refractivity contribution >= 4 is 0 Å². The Morgan fingerprint density at radius 2 is 1.12 bits per heavy atom. The molecule has 0 aliphatic carbocycles. The molecule has 0 saturated carbocycles. The third-order valence-electron chi connectivity index (χ3n) is 5.40. The molecule has 0 radical (unpaired) electrons. The van der Waals surface area contributed by atoms with Gasteiger partial charge >= 0.3 is 0 Å². The summed E-state index contributed by atoms with van der Waals surface area (Å²) in [6.07, 6.45) is 0.877. The van der Waals surface area contributed by atoms with Crippen LogP contribution < -0.4 is 4.74 Å². The van der Waals surface area contributed by atoms with E-state index in [0.717, 1.165) is 29.7 Å². The highest BCUT2D eigenvalue weighted by Crippen LogP contribution is 2.33. The molecule has 4 aromatic rings. The molecule has 0 atom stereocenters. The van der Waals surface area contributed by atoms with Crippen LogP contribution in [-0.4, -0.2) is 0 Å². The number of aryl methyl sites for hydroxylation is 1. The predicted octanol–water partition coefficient (Wildman–Crippen LogP) is 8.00. The topological polar surface area (TPSA) is 9.23 Å². The van der Waals surface area contributed by atoms with Crippen LogP contribution in [0.25, 0.3) is 22.3 Å². The summed E-state index contributed by atoms with van der Waals surface area (Å²) in [6.45, 7) is 1.42. The molecule has 4 aromatic carbocycles. The lowest BCUT2D eigenvalue weighted by Gasteiger charge is -2.12. The Morgan fingerprint density at radius 3 is 1.68 bits per heavy atom. The molecule has 0 bridgehead atoms. The first-order valence-corrected chi connectivity index (χ1v) is 10.4. The Bertz CT molecular complexity index is 1300. The number of halogens is 6. The van der Waals surface area contributed by atoms with Gasteiger partial charge in [-0.15, -0.1) is 0 Å². The summed E-state index contributed by atoms with van der Waals surface area (Å²) in [5.74, 6) is -8.28. The van der Waals surface area contributed by atoms with Crippen molar-refractivity contribution in [2.24, 2.45) is 0 Å². The Hall–Kier alpha value is -3.74. The molecule has 0 aliphatic heterocycles. The molecule has 0 unspecified atom stereocenters. The maximum atomic E-state index is 14.8. The monoisotopic (exact) mass is 472 g/mol. The maximum Gasteiger partial charge on any atom is 0.194 e. The van der Waals surface area contributed by atoms with Gasteiger partial charge in [-0.05, 0) is 64.6 Å². The fourth-order valence-electron chi connectivity index (χ4n) is 3.56. The van der Waals surface area contributed by atoms with E-state index in [1.54, 1.807) is 6.07 Å². The smallest absolute Gasteiger partial charge is 0.194 e. The van der Waals surface area contributed by atoms with Crippen LogP contribution in [0.2, 0.25) is 0 Å². The summed E-state index contributed by atoms with van der Waals surface area (Å²) in [5, 5.41) is 0. The van der Waals surface area contributed by atoms with E-state index in [2.05, 4.69) is 0 Å². The van der Waals surface area contributed by atoms with Gasteiger partial charge in [-0.1, -0.05) is 43.3 Å². The van der Waals surface area contributed by atoms with E-state index in [0.29, 0.717) is 17.7 Å². The van der Waals surface area contributed by atoms with Crippen molar-refractivity contribution < 1.29 is 31.1 Å². The van der Waals surface area contributed by atoms with Gasteiger partial charge in [0.05, 0.1) is 0 Å². The van der Waals surface area contributed by atoms with Crippen LogP contribution in [0.3, 0.4) is 0 Å². The summed E-state index contributed by atoms with van der Waals surface area (Å²) < 4.78 is 88.7. The molecular formula is C27H18F6O. The fourth-order valence-corrected chi connectivity index (χ4v) is 3.56. The lowest BCUT2D eigenvalue weighted by atomic mass is 9.98. The van der Waals surface area contributed by atoms with Gasteiger partial charge in [0.1, 0.15) is 12.4 Å². The maximum absolute atomic E-state index is 14.8. The first-order valence-electron chi connectivity index (χ1n) is 10.4. The minimum absolute atomic E-state index is 0.0130. The van der Waals surface area contributed by atoms with Crippen molar-refractivity contribution in [3.8, 4) is 28.0 Å². The van der Waals surface area contributed by atoms with Crippen molar-refractivity contribution in [1.82, 2.24) is 0 Å². The first kappa shape index (κ1) is 23.4. The molecule has 174 valence electrons. The molecule has 1 nitrogen and oxygen atoms in total. The van der Waals surface area contributed by atoms with Gasteiger partial charge in [0.25, 0.3) is 0 Å². The van der Waals surface area contributed by atoms with Gasteiger partial charge < -0.3 is 4.74 Å². The summed E-state index contributed by atoms with van der Waals surface area (Å²) >= 11 is 0. The Balaban J connectivity index is 1.57. The first-order chi connectivity index (χ1) is 16.3. The highest BCUT2D eigenvalue weighted by molar-refractivity contribution is 5.71. The summed E-state index contributed by atoms with van der Waals surface area (Å²) in [5.41, 5.74) is 2.34. The van der Waals surface area contributed by atoms with Crippen LogP contribution in [0, 0.1) is 34.9 Å². The van der Waals surface area contributed by atoms with E-state index in [1.807, 2.05) is 31.2 Å². The summed E-state index contributed by atoms with van der Waals surface area (Å²) in [4.78, 5) is 0.